The van der Waals surface area contributed by atoms with E-state index in [4.69, 9.17) is 9.94 Å². The lowest BCUT2D eigenvalue weighted by Gasteiger charge is -2.05. The first kappa shape index (κ1) is 13.1. The van der Waals surface area contributed by atoms with Crippen LogP contribution in [0.5, 0.6) is 5.75 Å². The van der Waals surface area contributed by atoms with E-state index in [-0.39, 0.29) is 0 Å². The molecular weight excluding hydrogens is 242 g/mol. The third-order valence-electron chi connectivity index (χ3n) is 2.84. The smallest absolute Gasteiger partial charge is 0.119 e. The molecule has 1 N–H and O–H groups in total. The zero-order chi connectivity index (χ0) is 13.7. The summed E-state index contributed by atoms with van der Waals surface area (Å²) in [5.74, 6) is 0.777. The van der Waals surface area contributed by atoms with E-state index >= 15 is 0 Å². The van der Waals surface area contributed by atoms with Crippen LogP contribution in [-0.4, -0.2) is 20.7 Å². The minimum atomic E-state index is 0.492. The topological polar surface area (TPSA) is 59.6 Å². The second-order valence-electron chi connectivity index (χ2n) is 4.20. The van der Waals surface area contributed by atoms with Crippen LogP contribution in [0.2, 0.25) is 0 Å². The Balaban J connectivity index is 1.96. The van der Waals surface area contributed by atoms with E-state index in [0.29, 0.717) is 12.3 Å². The number of oxime groups is 1. The van der Waals surface area contributed by atoms with Crippen molar-refractivity contribution in [2.24, 2.45) is 5.16 Å². The number of ether oxygens (including phenoxy) is 1. The van der Waals surface area contributed by atoms with Crippen molar-refractivity contribution in [2.45, 2.75) is 27.0 Å². The van der Waals surface area contributed by atoms with Gasteiger partial charge in [-0.1, -0.05) is 5.16 Å². The van der Waals surface area contributed by atoms with Crippen molar-refractivity contribution in [3.63, 3.8) is 0 Å². The lowest BCUT2D eigenvalue weighted by molar-refractivity contribution is 0.306. The van der Waals surface area contributed by atoms with Gasteiger partial charge < -0.3 is 9.94 Å². The highest BCUT2D eigenvalue weighted by atomic mass is 16.5. The summed E-state index contributed by atoms with van der Waals surface area (Å²) < 4.78 is 7.53. The molecule has 1 heterocycles. The van der Waals surface area contributed by atoms with Gasteiger partial charge in [-0.15, -0.1) is 0 Å². The van der Waals surface area contributed by atoms with Gasteiger partial charge in [-0.25, -0.2) is 0 Å². The molecule has 0 fully saturated rings. The zero-order valence-electron chi connectivity index (χ0n) is 11.1. The van der Waals surface area contributed by atoms with Crippen LogP contribution in [0.1, 0.15) is 25.0 Å². The summed E-state index contributed by atoms with van der Waals surface area (Å²) >= 11 is 0. The van der Waals surface area contributed by atoms with Crippen molar-refractivity contribution in [1.29, 1.82) is 0 Å². The van der Waals surface area contributed by atoms with Gasteiger partial charge in [0.2, 0.25) is 0 Å². The molecule has 0 radical (unpaired) electrons. The van der Waals surface area contributed by atoms with Crippen LogP contribution >= 0.6 is 0 Å². The highest BCUT2D eigenvalue weighted by molar-refractivity contribution is 5.98. The Morgan fingerprint density at radius 1 is 1.37 bits per heavy atom. The predicted octanol–water partition coefficient (Wildman–Crippen LogP) is 2.68. The Morgan fingerprint density at radius 3 is 2.68 bits per heavy atom. The van der Waals surface area contributed by atoms with Gasteiger partial charge >= 0.3 is 0 Å². The molecule has 0 unspecified atom stereocenters. The van der Waals surface area contributed by atoms with Crippen LogP contribution in [0.25, 0.3) is 0 Å². The first-order chi connectivity index (χ1) is 9.22. The summed E-state index contributed by atoms with van der Waals surface area (Å²) in [6.07, 6.45) is 3.78. The van der Waals surface area contributed by atoms with Crippen molar-refractivity contribution in [3.8, 4) is 5.75 Å². The molecule has 0 aliphatic rings. The molecule has 1 aromatic carbocycles. The third-order valence-corrected chi connectivity index (χ3v) is 2.84. The largest absolute Gasteiger partial charge is 0.489 e. The standard InChI is InChI=1S/C14H17N3O2/c1-3-17-9-12(8-15-17)10-19-14-6-4-13(5-7-14)11(2)16-18/h4-9,18H,3,10H2,1-2H3/b16-11+. The maximum atomic E-state index is 8.68. The number of aryl methyl sites for hydroxylation is 1. The molecule has 1 aromatic heterocycles. The van der Waals surface area contributed by atoms with Crippen LogP contribution in [0.3, 0.4) is 0 Å². The van der Waals surface area contributed by atoms with Crippen molar-refractivity contribution in [3.05, 3.63) is 47.8 Å². The first-order valence-corrected chi connectivity index (χ1v) is 6.16. The molecule has 100 valence electrons. The second-order valence-corrected chi connectivity index (χ2v) is 4.20. The molecule has 0 aliphatic carbocycles. The molecule has 5 heteroatoms. The molecule has 2 rings (SSSR count). The van der Waals surface area contributed by atoms with Crippen molar-refractivity contribution in [1.82, 2.24) is 9.78 Å². The molecule has 0 amide bonds. The van der Waals surface area contributed by atoms with Gasteiger partial charge in [0.15, 0.2) is 0 Å². The highest BCUT2D eigenvalue weighted by Gasteiger charge is 2.01. The number of hydrogen-bond acceptors (Lipinski definition) is 4. The molecule has 0 spiro atoms. The maximum absolute atomic E-state index is 8.68. The SMILES string of the molecule is CCn1cc(COc2ccc(/C(C)=N/O)cc2)cn1. The lowest BCUT2D eigenvalue weighted by atomic mass is 10.1. The van der Waals surface area contributed by atoms with E-state index in [2.05, 4.69) is 10.3 Å². The Hall–Kier alpha value is -2.30. The van der Waals surface area contributed by atoms with E-state index in [0.717, 1.165) is 23.4 Å². The van der Waals surface area contributed by atoms with Gasteiger partial charge in [0.1, 0.15) is 12.4 Å². The van der Waals surface area contributed by atoms with Crippen molar-refractivity contribution >= 4 is 5.71 Å². The van der Waals surface area contributed by atoms with Crippen LogP contribution in [0, 0.1) is 0 Å². The number of rotatable bonds is 5. The van der Waals surface area contributed by atoms with E-state index in [1.807, 2.05) is 42.1 Å². The fourth-order valence-corrected chi connectivity index (χ4v) is 1.67. The fraction of sp³-hybridized carbons (Fsp3) is 0.286. The number of benzene rings is 1. The van der Waals surface area contributed by atoms with Gasteiger partial charge in [0, 0.05) is 18.3 Å². The van der Waals surface area contributed by atoms with Gasteiger partial charge in [0.05, 0.1) is 11.9 Å². The summed E-state index contributed by atoms with van der Waals surface area (Å²) in [7, 11) is 0. The van der Waals surface area contributed by atoms with Crippen molar-refractivity contribution < 1.29 is 9.94 Å². The molecule has 0 aliphatic heterocycles. The minimum Gasteiger partial charge on any atom is -0.489 e. The summed E-state index contributed by atoms with van der Waals surface area (Å²) in [4.78, 5) is 0. The number of nitrogens with zero attached hydrogens (tertiary/aromatic N) is 3. The van der Waals surface area contributed by atoms with Crippen LogP contribution < -0.4 is 4.74 Å². The van der Waals surface area contributed by atoms with Gasteiger partial charge in [-0.2, -0.15) is 5.10 Å². The minimum absolute atomic E-state index is 0.492. The van der Waals surface area contributed by atoms with Crippen LogP contribution in [0.4, 0.5) is 0 Å². The van der Waals surface area contributed by atoms with Crippen LogP contribution in [-0.2, 0) is 13.2 Å². The fourth-order valence-electron chi connectivity index (χ4n) is 1.67. The third kappa shape index (κ3) is 3.34. The van der Waals surface area contributed by atoms with Crippen molar-refractivity contribution in [2.75, 3.05) is 0 Å². The summed E-state index contributed by atoms with van der Waals surface area (Å²) in [5, 5.41) is 16.0. The molecule has 2 aromatic rings. The molecule has 0 atom stereocenters. The maximum Gasteiger partial charge on any atom is 0.119 e. The number of hydrogen-bond donors (Lipinski definition) is 1. The highest BCUT2D eigenvalue weighted by Crippen LogP contribution is 2.14. The molecule has 0 saturated heterocycles. The van der Waals surface area contributed by atoms with E-state index in [1.165, 1.54) is 0 Å². The van der Waals surface area contributed by atoms with E-state index in [9.17, 15) is 0 Å². The van der Waals surface area contributed by atoms with Gasteiger partial charge in [0.25, 0.3) is 0 Å². The zero-order valence-corrected chi connectivity index (χ0v) is 11.1. The number of aromatic nitrogens is 2. The average Bonchev–Trinajstić information content (AvgIpc) is 2.93. The van der Waals surface area contributed by atoms with E-state index < -0.39 is 0 Å². The Labute approximate surface area is 112 Å². The predicted molar refractivity (Wildman–Crippen MR) is 72.7 cm³/mol. The Kier molecular flexibility index (Phi) is 4.18. The molecular formula is C14H17N3O2. The normalized spacial score (nSPS) is 11.6. The second kappa shape index (κ2) is 6.04. The van der Waals surface area contributed by atoms with E-state index in [1.54, 1.807) is 13.1 Å². The monoisotopic (exact) mass is 259 g/mol. The molecule has 0 saturated carbocycles. The summed E-state index contributed by atoms with van der Waals surface area (Å²) in [6.45, 7) is 5.14. The van der Waals surface area contributed by atoms with Gasteiger partial charge in [-0.05, 0) is 43.7 Å². The molecule has 19 heavy (non-hydrogen) atoms. The Bertz CT molecular complexity index is 558. The Morgan fingerprint density at radius 2 is 2.11 bits per heavy atom. The average molecular weight is 259 g/mol. The molecule has 0 bridgehead atoms. The first-order valence-electron chi connectivity index (χ1n) is 6.16. The van der Waals surface area contributed by atoms with Gasteiger partial charge in [-0.3, -0.25) is 4.68 Å². The summed E-state index contributed by atoms with van der Waals surface area (Å²) in [6, 6.07) is 7.43. The summed E-state index contributed by atoms with van der Waals surface area (Å²) in [5.41, 5.74) is 2.49. The molecule has 5 nitrogen and oxygen atoms in total. The lowest BCUT2D eigenvalue weighted by Crippen LogP contribution is -1.97. The van der Waals surface area contributed by atoms with Crippen LogP contribution in [0.15, 0.2) is 41.8 Å². The quantitative estimate of drug-likeness (QED) is 0.510.